The quantitative estimate of drug-likeness (QED) is 0.291. The van der Waals surface area contributed by atoms with Crippen LogP contribution in [0.5, 0.6) is 0 Å². The normalized spacial score (nSPS) is 18.6. The molecule has 0 spiro atoms. The first kappa shape index (κ1) is 31.0. The summed E-state index contributed by atoms with van der Waals surface area (Å²) in [7, 11) is -4.12. The molecular formula is C32H34Cl2N2O4S. The van der Waals surface area contributed by atoms with Crippen LogP contribution >= 0.6 is 23.2 Å². The van der Waals surface area contributed by atoms with Gasteiger partial charge in [-0.1, -0.05) is 105 Å². The zero-order valence-electron chi connectivity index (χ0n) is 23.5. The van der Waals surface area contributed by atoms with Crippen molar-refractivity contribution in [2.45, 2.75) is 57.5 Å². The Hall–Kier alpha value is -2.97. The highest BCUT2D eigenvalue weighted by Crippen LogP contribution is 2.47. The van der Waals surface area contributed by atoms with Crippen LogP contribution in [0.4, 0.5) is 0 Å². The van der Waals surface area contributed by atoms with E-state index in [1.807, 2.05) is 51.1 Å². The Labute approximate surface area is 252 Å². The molecule has 1 aliphatic rings. The zero-order chi connectivity index (χ0) is 30.1. The lowest BCUT2D eigenvalue weighted by molar-refractivity contribution is -0.126. The molecule has 1 unspecified atom stereocenters. The summed E-state index contributed by atoms with van der Waals surface area (Å²) in [6.45, 7) is 7.52. The largest absolute Gasteiger partial charge is 0.369 e. The smallest absolute Gasteiger partial charge is 0.244 e. The van der Waals surface area contributed by atoms with Gasteiger partial charge in [0.15, 0.2) is 5.78 Å². The van der Waals surface area contributed by atoms with Gasteiger partial charge < -0.3 is 5.73 Å². The van der Waals surface area contributed by atoms with Gasteiger partial charge in [-0.3, -0.25) is 9.59 Å². The predicted molar refractivity (Wildman–Crippen MR) is 163 cm³/mol. The number of hydrogen-bond donors (Lipinski definition) is 1. The number of amides is 1. The standard InChI is InChI=1S/C32H34Cl2N2O4S/c1-20-10-8-9-13-28(20)41(39,40)36-29(32(2,3)4)19-24(30(36)22-14-15-25(33)26(34)17-22)27(37)18-23(31(35)38)16-21-11-6-5-7-12-21/h5-15,17,19,23,29-30H,16,18H2,1-4H3,(H2,35,38)/t23-,29+,30?/m1/s1. The number of nitrogens with zero attached hydrogens (tertiary/aromatic N) is 1. The number of sulfonamides is 1. The van der Waals surface area contributed by atoms with E-state index in [0.29, 0.717) is 22.6 Å². The second-order valence-corrected chi connectivity index (χ2v) is 14.2. The summed E-state index contributed by atoms with van der Waals surface area (Å²) in [6.07, 6.45) is 1.86. The maximum Gasteiger partial charge on any atom is 0.244 e. The number of hydrogen-bond acceptors (Lipinski definition) is 4. The molecule has 0 aromatic heterocycles. The number of carbonyl (C=O) groups excluding carboxylic acids is 2. The molecule has 0 radical (unpaired) electrons. The van der Waals surface area contributed by atoms with E-state index >= 15 is 0 Å². The SMILES string of the molecule is Cc1ccccc1S(=O)(=O)N1C(c2ccc(Cl)c(Cl)c2)C(C(=O)C[C@@H](Cc2ccccc2)C(N)=O)=C[C@H]1C(C)(C)C. The Morgan fingerprint density at radius 1 is 0.951 bits per heavy atom. The van der Waals surface area contributed by atoms with Crippen LogP contribution in [0.2, 0.25) is 10.0 Å². The third kappa shape index (κ3) is 6.59. The highest BCUT2D eigenvalue weighted by atomic mass is 35.5. The molecule has 0 bridgehead atoms. The number of halogens is 2. The van der Waals surface area contributed by atoms with Gasteiger partial charge in [-0.05, 0) is 53.6 Å². The van der Waals surface area contributed by atoms with Crippen molar-refractivity contribution in [3.8, 4) is 0 Å². The van der Waals surface area contributed by atoms with Crippen LogP contribution in [-0.2, 0) is 26.0 Å². The Kier molecular flexibility index (Phi) is 9.14. The van der Waals surface area contributed by atoms with Crippen molar-refractivity contribution >= 4 is 44.9 Å². The molecule has 1 heterocycles. The lowest BCUT2D eigenvalue weighted by Crippen LogP contribution is -2.45. The third-order valence-corrected chi connectivity index (χ3v) is 10.2. The van der Waals surface area contributed by atoms with E-state index in [1.54, 1.807) is 55.5 Å². The zero-order valence-corrected chi connectivity index (χ0v) is 25.8. The van der Waals surface area contributed by atoms with Gasteiger partial charge in [0.05, 0.1) is 21.0 Å². The minimum atomic E-state index is -4.12. The average Bonchev–Trinajstić information content (AvgIpc) is 3.33. The fourth-order valence-electron chi connectivity index (χ4n) is 5.28. The van der Waals surface area contributed by atoms with Gasteiger partial charge in [0.25, 0.3) is 0 Å². The summed E-state index contributed by atoms with van der Waals surface area (Å²) >= 11 is 12.6. The Bertz CT molecular complexity index is 1600. The first-order chi connectivity index (χ1) is 19.2. The molecule has 0 aliphatic carbocycles. The van der Waals surface area contributed by atoms with E-state index in [-0.39, 0.29) is 27.7 Å². The van der Waals surface area contributed by atoms with E-state index in [9.17, 15) is 18.0 Å². The van der Waals surface area contributed by atoms with Crippen LogP contribution in [-0.4, -0.2) is 30.5 Å². The van der Waals surface area contributed by atoms with Crippen LogP contribution < -0.4 is 5.73 Å². The van der Waals surface area contributed by atoms with E-state index in [2.05, 4.69) is 0 Å². The Balaban J connectivity index is 1.85. The lowest BCUT2D eigenvalue weighted by atomic mass is 9.86. The summed E-state index contributed by atoms with van der Waals surface area (Å²) in [5.74, 6) is -1.71. The molecule has 0 saturated carbocycles. The maximum atomic E-state index is 14.4. The first-order valence-corrected chi connectivity index (χ1v) is 15.5. The highest BCUT2D eigenvalue weighted by Gasteiger charge is 2.50. The average molecular weight is 614 g/mol. The van der Waals surface area contributed by atoms with E-state index in [1.165, 1.54) is 4.31 Å². The van der Waals surface area contributed by atoms with Crippen LogP contribution in [0.3, 0.4) is 0 Å². The van der Waals surface area contributed by atoms with Crippen molar-refractivity contribution in [3.63, 3.8) is 0 Å². The molecule has 0 saturated heterocycles. The Morgan fingerprint density at radius 2 is 1.59 bits per heavy atom. The number of nitrogens with two attached hydrogens (primary N) is 1. The fraction of sp³-hybridized carbons (Fsp3) is 0.312. The summed E-state index contributed by atoms with van der Waals surface area (Å²) < 4.78 is 30.3. The summed E-state index contributed by atoms with van der Waals surface area (Å²) in [5.41, 5.74) is 7.41. The summed E-state index contributed by atoms with van der Waals surface area (Å²) in [6, 6.07) is 19.3. The van der Waals surface area contributed by atoms with Crippen molar-refractivity contribution in [2.24, 2.45) is 17.1 Å². The van der Waals surface area contributed by atoms with E-state index in [0.717, 1.165) is 5.56 Å². The second kappa shape index (κ2) is 12.1. The number of benzene rings is 3. The van der Waals surface area contributed by atoms with Crippen molar-refractivity contribution in [1.29, 1.82) is 0 Å². The number of carbonyl (C=O) groups is 2. The minimum Gasteiger partial charge on any atom is -0.369 e. The molecule has 1 amide bonds. The van der Waals surface area contributed by atoms with Crippen LogP contribution in [0.15, 0.2) is 89.3 Å². The number of primary amides is 1. The number of ketones is 1. The topological polar surface area (TPSA) is 97.5 Å². The molecule has 4 rings (SSSR count). The van der Waals surface area contributed by atoms with Crippen molar-refractivity contribution in [3.05, 3.63) is 111 Å². The van der Waals surface area contributed by atoms with E-state index in [4.69, 9.17) is 28.9 Å². The first-order valence-electron chi connectivity index (χ1n) is 13.3. The fourth-order valence-corrected chi connectivity index (χ4v) is 7.73. The predicted octanol–water partition coefficient (Wildman–Crippen LogP) is 6.69. The summed E-state index contributed by atoms with van der Waals surface area (Å²) in [4.78, 5) is 26.7. The monoisotopic (exact) mass is 612 g/mol. The minimum absolute atomic E-state index is 0.153. The number of aryl methyl sites for hydroxylation is 1. The van der Waals surface area contributed by atoms with Gasteiger partial charge in [0.1, 0.15) is 0 Å². The van der Waals surface area contributed by atoms with Gasteiger partial charge >= 0.3 is 0 Å². The highest BCUT2D eigenvalue weighted by molar-refractivity contribution is 7.89. The van der Waals surface area contributed by atoms with Crippen molar-refractivity contribution < 1.29 is 18.0 Å². The van der Waals surface area contributed by atoms with Crippen LogP contribution in [0, 0.1) is 18.3 Å². The van der Waals surface area contributed by atoms with Crippen molar-refractivity contribution in [1.82, 2.24) is 4.31 Å². The molecule has 2 N–H and O–H groups in total. The molecule has 216 valence electrons. The molecule has 3 aromatic rings. The van der Waals surface area contributed by atoms with Crippen LogP contribution in [0.1, 0.15) is 49.9 Å². The lowest BCUT2D eigenvalue weighted by Gasteiger charge is -2.37. The van der Waals surface area contributed by atoms with Gasteiger partial charge in [-0.15, -0.1) is 0 Å². The van der Waals surface area contributed by atoms with Crippen molar-refractivity contribution in [2.75, 3.05) is 0 Å². The third-order valence-electron chi connectivity index (χ3n) is 7.44. The molecule has 0 fully saturated rings. The maximum absolute atomic E-state index is 14.4. The number of Topliss-reactive ketones (excluding diaryl/α,β-unsaturated/α-hetero) is 1. The van der Waals surface area contributed by atoms with Crippen LogP contribution in [0.25, 0.3) is 0 Å². The van der Waals surface area contributed by atoms with Gasteiger partial charge in [-0.25, -0.2) is 8.42 Å². The molecular weight excluding hydrogens is 579 g/mol. The Morgan fingerprint density at radius 3 is 2.17 bits per heavy atom. The van der Waals surface area contributed by atoms with E-state index < -0.39 is 39.3 Å². The molecule has 3 atom stereocenters. The molecule has 41 heavy (non-hydrogen) atoms. The molecule has 9 heteroatoms. The van der Waals surface area contributed by atoms with Gasteiger partial charge in [-0.2, -0.15) is 4.31 Å². The molecule has 3 aromatic carbocycles. The summed E-state index contributed by atoms with van der Waals surface area (Å²) in [5, 5.41) is 0.546. The number of rotatable bonds is 9. The van der Waals surface area contributed by atoms with Gasteiger partial charge in [0, 0.05) is 24.0 Å². The molecule has 1 aliphatic heterocycles. The second-order valence-electron chi connectivity index (χ2n) is 11.5. The molecule has 6 nitrogen and oxygen atoms in total. The van der Waals surface area contributed by atoms with Gasteiger partial charge in [0.2, 0.25) is 15.9 Å².